The molecule has 1 aromatic carbocycles. The maximum absolute atomic E-state index is 11.1. The van der Waals surface area contributed by atoms with Gasteiger partial charge in [-0.3, -0.25) is 4.79 Å². The van der Waals surface area contributed by atoms with E-state index in [0.717, 1.165) is 14.5 Å². The normalized spacial score (nSPS) is 9.93. The first-order chi connectivity index (χ1) is 6.54. The molecule has 1 aromatic rings. The molecule has 14 heavy (non-hydrogen) atoms. The Kier molecular flexibility index (Phi) is 3.95. The van der Waals surface area contributed by atoms with Crippen LogP contribution in [0, 0.1) is 0 Å². The summed E-state index contributed by atoms with van der Waals surface area (Å²) in [5, 5.41) is 0. The lowest BCUT2D eigenvalue weighted by Gasteiger charge is -2.07. The second-order valence-corrected chi connectivity index (χ2v) is 4.42. The van der Waals surface area contributed by atoms with E-state index in [0.29, 0.717) is 5.69 Å². The van der Waals surface area contributed by atoms with E-state index < -0.39 is 0 Å². The fourth-order valence-corrected chi connectivity index (χ4v) is 2.51. The Morgan fingerprint density at radius 2 is 1.93 bits per heavy atom. The molecule has 0 saturated heterocycles. The van der Waals surface area contributed by atoms with Crippen LogP contribution in [-0.2, 0) is 16.0 Å². The molecule has 0 saturated carbocycles. The summed E-state index contributed by atoms with van der Waals surface area (Å²) < 4.78 is 6.18. The highest BCUT2D eigenvalue weighted by Gasteiger charge is 2.11. The molecule has 0 aliphatic heterocycles. The molecule has 0 aliphatic rings. The standard InChI is InChI=1S/C9H9Br2NO2/c1-14-9(13)4-6-7(10)2-5(12)3-8(6)11/h2-3H,4,12H2,1H3. The molecule has 76 valence electrons. The Bertz CT molecular complexity index is 343. The first kappa shape index (κ1) is 11.5. The van der Waals surface area contributed by atoms with E-state index in [-0.39, 0.29) is 12.4 Å². The summed E-state index contributed by atoms with van der Waals surface area (Å²) in [4.78, 5) is 11.1. The SMILES string of the molecule is COC(=O)Cc1c(Br)cc(N)cc1Br. The minimum absolute atomic E-state index is 0.220. The summed E-state index contributed by atoms with van der Waals surface area (Å²) in [6.45, 7) is 0. The number of nitrogens with two attached hydrogens (primary N) is 1. The van der Waals surface area contributed by atoms with Crippen LogP contribution >= 0.6 is 31.9 Å². The van der Waals surface area contributed by atoms with Crippen LogP contribution < -0.4 is 5.73 Å². The largest absolute Gasteiger partial charge is 0.469 e. The first-order valence-corrected chi connectivity index (χ1v) is 5.43. The number of hydrogen-bond acceptors (Lipinski definition) is 3. The summed E-state index contributed by atoms with van der Waals surface area (Å²) >= 11 is 6.68. The highest BCUT2D eigenvalue weighted by atomic mass is 79.9. The molecule has 1 rings (SSSR count). The van der Waals surface area contributed by atoms with Gasteiger partial charge in [-0.1, -0.05) is 31.9 Å². The number of esters is 1. The fourth-order valence-electron chi connectivity index (χ4n) is 1.01. The fraction of sp³-hybridized carbons (Fsp3) is 0.222. The van der Waals surface area contributed by atoms with Gasteiger partial charge >= 0.3 is 5.97 Å². The maximum atomic E-state index is 11.1. The van der Waals surface area contributed by atoms with Crippen LogP contribution in [0.2, 0.25) is 0 Å². The molecule has 0 spiro atoms. The monoisotopic (exact) mass is 321 g/mol. The molecule has 3 nitrogen and oxygen atoms in total. The molecular formula is C9H9Br2NO2. The Labute approximate surface area is 98.9 Å². The number of carbonyl (C=O) groups is 1. The van der Waals surface area contributed by atoms with Crippen LogP contribution in [-0.4, -0.2) is 13.1 Å². The van der Waals surface area contributed by atoms with Crippen LogP contribution in [0.5, 0.6) is 0 Å². The van der Waals surface area contributed by atoms with Crippen LogP contribution in [0.1, 0.15) is 5.56 Å². The van der Waals surface area contributed by atoms with Crippen molar-refractivity contribution in [3.63, 3.8) is 0 Å². The summed E-state index contributed by atoms with van der Waals surface area (Å²) in [5.74, 6) is -0.281. The van der Waals surface area contributed by atoms with E-state index in [4.69, 9.17) is 5.73 Å². The van der Waals surface area contributed by atoms with Gasteiger partial charge in [-0.05, 0) is 17.7 Å². The lowest BCUT2D eigenvalue weighted by atomic mass is 10.1. The molecule has 0 unspecified atom stereocenters. The van der Waals surface area contributed by atoms with Gasteiger partial charge in [-0.15, -0.1) is 0 Å². The molecule has 0 aromatic heterocycles. The van der Waals surface area contributed by atoms with Crippen LogP contribution in [0.3, 0.4) is 0 Å². The van der Waals surface area contributed by atoms with Crippen LogP contribution in [0.25, 0.3) is 0 Å². The lowest BCUT2D eigenvalue weighted by Crippen LogP contribution is -2.06. The van der Waals surface area contributed by atoms with Gasteiger partial charge in [-0.2, -0.15) is 0 Å². The van der Waals surface area contributed by atoms with Crippen molar-refractivity contribution in [2.75, 3.05) is 12.8 Å². The number of ether oxygens (including phenoxy) is 1. The average Bonchev–Trinajstić information content (AvgIpc) is 2.10. The Hall–Kier alpha value is -0.550. The van der Waals surface area contributed by atoms with E-state index in [1.165, 1.54) is 7.11 Å². The quantitative estimate of drug-likeness (QED) is 0.672. The number of halogens is 2. The molecular weight excluding hydrogens is 314 g/mol. The number of benzene rings is 1. The molecule has 2 N–H and O–H groups in total. The Balaban J connectivity index is 3.02. The zero-order valence-electron chi connectivity index (χ0n) is 7.51. The second kappa shape index (κ2) is 4.79. The van der Waals surface area contributed by atoms with Crippen molar-refractivity contribution in [2.45, 2.75) is 6.42 Å². The number of rotatable bonds is 2. The molecule has 5 heteroatoms. The molecule has 0 aliphatic carbocycles. The van der Waals surface area contributed by atoms with Gasteiger partial charge in [0.25, 0.3) is 0 Å². The van der Waals surface area contributed by atoms with E-state index in [1.807, 2.05) is 0 Å². The van der Waals surface area contributed by atoms with E-state index >= 15 is 0 Å². The third-order valence-corrected chi connectivity index (χ3v) is 3.13. The lowest BCUT2D eigenvalue weighted by molar-refractivity contribution is -0.139. The first-order valence-electron chi connectivity index (χ1n) is 3.84. The molecule has 0 fully saturated rings. The average molecular weight is 323 g/mol. The van der Waals surface area contributed by atoms with Crippen molar-refractivity contribution in [1.29, 1.82) is 0 Å². The Morgan fingerprint density at radius 3 is 2.36 bits per heavy atom. The van der Waals surface area contributed by atoms with E-state index in [2.05, 4.69) is 36.6 Å². The Morgan fingerprint density at radius 1 is 1.43 bits per heavy atom. The summed E-state index contributed by atoms with van der Waals surface area (Å²) in [6, 6.07) is 3.51. The van der Waals surface area contributed by atoms with E-state index in [9.17, 15) is 4.79 Å². The van der Waals surface area contributed by atoms with Gasteiger partial charge in [0, 0.05) is 14.6 Å². The maximum Gasteiger partial charge on any atom is 0.310 e. The van der Waals surface area contributed by atoms with Crippen LogP contribution in [0.4, 0.5) is 5.69 Å². The molecule has 0 heterocycles. The summed E-state index contributed by atoms with van der Waals surface area (Å²) in [5.41, 5.74) is 7.09. The summed E-state index contributed by atoms with van der Waals surface area (Å²) in [7, 11) is 1.36. The van der Waals surface area contributed by atoms with Gasteiger partial charge in [0.2, 0.25) is 0 Å². The van der Waals surface area contributed by atoms with Gasteiger partial charge in [0.1, 0.15) is 0 Å². The van der Waals surface area contributed by atoms with Crippen molar-refractivity contribution in [3.05, 3.63) is 26.6 Å². The highest BCUT2D eigenvalue weighted by molar-refractivity contribution is 9.11. The number of methoxy groups -OCH3 is 1. The topological polar surface area (TPSA) is 52.3 Å². The zero-order chi connectivity index (χ0) is 10.7. The third kappa shape index (κ3) is 2.72. The number of anilines is 1. The molecule has 0 radical (unpaired) electrons. The van der Waals surface area contributed by atoms with Crippen molar-refractivity contribution in [2.24, 2.45) is 0 Å². The van der Waals surface area contributed by atoms with Crippen molar-refractivity contribution >= 4 is 43.5 Å². The highest BCUT2D eigenvalue weighted by Crippen LogP contribution is 2.28. The minimum Gasteiger partial charge on any atom is -0.469 e. The molecule has 0 amide bonds. The zero-order valence-corrected chi connectivity index (χ0v) is 10.7. The number of carbonyl (C=O) groups excluding carboxylic acids is 1. The van der Waals surface area contributed by atoms with Gasteiger partial charge < -0.3 is 10.5 Å². The minimum atomic E-state index is -0.281. The van der Waals surface area contributed by atoms with Gasteiger partial charge in [-0.25, -0.2) is 0 Å². The van der Waals surface area contributed by atoms with Gasteiger partial charge in [0.15, 0.2) is 0 Å². The second-order valence-electron chi connectivity index (χ2n) is 2.72. The third-order valence-electron chi connectivity index (χ3n) is 1.71. The number of hydrogen-bond donors (Lipinski definition) is 1. The van der Waals surface area contributed by atoms with Crippen LogP contribution in [0.15, 0.2) is 21.1 Å². The van der Waals surface area contributed by atoms with Crippen molar-refractivity contribution in [3.8, 4) is 0 Å². The number of nitrogen functional groups attached to an aromatic ring is 1. The van der Waals surface area contributed by atoms with E-state index in [1.54, 1.807) is 12.1 Å². The smallest absolute Gasteiger partial charge is 0.310 e. The van der Waals surface area contributed by atoms with Crippen molar-refractivity contribution in [1.82, 2.24) is 0 Å². The van der Waals surface area contributed by atoms with Crippen molar-refractivity contribution < 1.29 is 9.53 Å². The predicted molar refractivity (Wildman–Crippen MR) is 62.0 cm³/mol. The summed E-state index contributed by atoms with van der Waals surface area (Å²) in [6.07, 6.45) is 0.220. The molecule has 0 atom stereocenters. The van der Waals surface area contributed by atoms with Gasteiger partial charge in [0.05, 0.1) is 13.5 Å². The molecule has 0 bridgehead atoms. The predicted octanol–water partition coefficient (Wildman–Crippen LogP) is 2.51.